The van der Waals surface area contributed by atoms with Crippen LogP contribution in [-0.2, 0) is 23.6 Å². The first-order valence-electron chi connectivity index (χ1n) is 5.89. The molecule has 0 amide bonds. The van der Waals surface area contributed by atoms with Gasteiger partial charge in [0.2, 0.25) is 10.0 Å². The van der Waals surface area contributed by atoms with Crippen LogP contribution in [0.15, 0.2) is 0 Å². The third-order valence-electron chi connectivity index (χ3n) is 2.60. The number of sulfonamides is 1. The predicted molar refractivity (Wildman–Crippen MR) is 76.7 cm³/mol. The smallest absolute Gasteiger partial charge is 0.209 e. The summed E-state index contributed by atoms with van der Waals surface area (Å²) in [4.78, 5) is 0. The highest BCUT2D eigenvalue weighted by Crippen LogP contribution is 2.18. The summed E-state index contributed by atoms with van der Waals surface area (Å²) in [5, 5.41) is 8.01. The fourth-order valence-electron chi connectivity index (χ4n) is 1.91. The average Bonchev–Trinajstić information content (AvgIpc) is 2.40. The zero-order chi connectivity index (χ0) is 14.8. The molecule has 0 radical (unpaired) electrons. The van der Waals surface area contributed by atoms with Gasteiger partial charge in [-0.1, -0.05) is 11.6 Å². The standard InChI is InChI=1S/C11H21ClN4O2S/c1-8-9(10(12)16(4)14-8)6-13-7-11(2,3)15-19(5,17)18/h13,15H,6-7H2,1-5H3. The molecular weight excluding hydrogens is 288 g/mol. The van der Waals surface area contributed by atoms with E-state index in [1.165, 1.54) is 0 Å². The molecule has 19 heavy (non-hydrogen) atoms. The lowest BCUT2D eigenvalue weighted by atomic mass is 10.1. The SMILES string of the molecule is Cc1nn(C)c(Cl)c1CNCC(C)(C)NS(C)(=O)=O. The van der Waals surface area contributed by atoms with Gasteiger partial charge in [-0.05, 0) is 20.8 Å². The van der Waals surface area contributed by atoms with Crippen molar-refractivity contribution in [3.8, 4) is 0 Å². The maximum absolute atomic E-state index is 11.2. The van der Waals surface area contributed by atoms with Crippen LogP contribution in [0.3, 0.4) is 0 Å². The first kappa shape index (κ1) is 16.4. The van der Waals surface area contributed by atoms with E-state index in [-0.39, 0.29) is 0 Å². The fraction of sp³-hybridized carbons (Fsp3) is 0.727. The van der Waals surface area contributed by atoms with Crippen molar-refractivity contribution in [2.45, 2.75) is 32.9 Å². The zero-order valence-electron chi connectivity index (χ0n) is 11.9. The van der Waals surface area contributed by atoms with E-state index in [2.05, 4.69) is 15.1 Å². The van der Waals surface area contributed by atoms with Gasteiger partial charge in [-0.15, -0.1) is 0 Å². The Kier molecular flexibility index (Phi) is 5.00. The Bertz CT molecular complexity index is 551. The molecule has 0 aromatic carbocycles. The van der Waals surface area contributed by atoms with Crippen molar-refractivity contribution >= 4 is 21.6 Å². The number of rotatable bonds is 6. The minimum absolute atomic E-state index is 0.491. The van der Waals surface area contributed by atoms with Gasteiger partial charge in [-0.3, -0.25) is 4.68 Å². The Balaban J connectivity index is 2.59. The van der Waals surface area contributed by atoms with Gasteiger partial charge in [0.1, 0.15) is 5.15 Å². The number of halogens is 1. The number of nitrogens with one attached hydrogen (secondary N) is 2. The molecule has 1 aromatic rings. The first-order valence-corrected chi connectivity index (χ1v) is 8.16. The van der Waals surface area contributed by atoms with Crippen LogP contribution in [0.2, 0.25) is 5.15 Å². The predicted octanol–water partition coefficient (Wildman–Crippen LogP) is 0.799. The second-order valence-electron chi connectivity index (χ2n) is 5.34. The van der Waals surface area contributed by atoms with Gasteiger partial charge in [0.05, 0.1) is 11.9 Å². The zero-order valence-corrected chi connectivity index (χ0v) is 13.5. The maximum Gasteiger partial charge on any atom is 0.209 e. The molecule has 0 saturated heterocycles. The number of hydrogen-bond acceptors (Lipinski definition) is 4. The van der Waals surface area contributed by atoms with E-state index >= 15 is 0 Å². The second kappa shape index (κ2) is 5.78. The van der Waals surface area contributed by atoms with Gasteiger partial charge >= 0.3 is 0 Å². The lowest BCUT2D eigenvalue weighted by molar-refractivity contribution is 0.421. The van der Waals surface area contributed by atoms with Crippen LogP contribution < -0.4 is 10.0 Å². The maximum atomic E-state index is 11.2. The Hall–Kier alpha value is -0.630. The minimum atomic E-state index is -3.22. The topological polar surface area (TPSA) is 76.0 Å². The fourth-order valence-corrected chi connectivity index (χ4v) is 3.23. The molecule has 0 aliphatic carbocycles. The molecule has 0 atom stereocenters. The van der Waals surface area contributed by atoms with Gasteiger partial charge in [-0.2, -0.15) is 5.10 Å². The van der Waals surface area contributed by atoms with Gasteiger partial charge < -0.3 is 5.32 Å². The quantitative estimate of drug-likeness (QED) is 0.815. The van der Waals surface area contributed by atoms with Crippen LogP contribution in [0, 0.1) is 6.92 Å². The Morgan fingerprint density at radius 3 is 2.42 bits per heavy atom. The van der Waals surface area contributed by atoms with E-state index in [9.17, 15) is 8.42 Å². The molecule has 0 saturated carbocycles. The lowest BCUT2D eigenvalue weighted by Crippen LogP contribution is -2.49. The molecule has 1 heterocycles. The van der Waals surface area contributed by atoms with Gasteiger partial charge in [0, 0.05) is 31.2 Å². The number of aromatic nitrogens is 2. The molecule has 0 fully saturated rings. The van der Waals surface area contributed by atoms with Crippen LogP contribution in [0.25, 0.3) is 0 Å². The van der Waals surface area contributed by atoms with Crippen molar-refractivity contribution in [3.05, 3.63) is 16.4 Å². The molecule has 8 heteroatoms. The summed E-state index contributed by atoms with van der Waals surface area (Å²) in [7, 11) is -1.44. The lowest BCUT2D eigenvalue weighted by Gasteiger charge is -2.25. The van der Waals surface area contributed by atoms with Crippen molar-refractivity contribution in [1.82, 2.24) is 19.8 Å². The van der Waals surface area contributed by atoms with Gasteiger partial charge in [0.15, 0.2) is 0 Å². The van der Waals surface area contributed by atoms with E-state index < -0.39 is 15.6 Å². The summed E-state index contributed by atoms with van der Waals surface area (Å²) in [5.74, 6) is 0. The number of nitrogens with zero attached hydrogens (tertiary/aromatic N) is 2. The van der Waals surface area contributed by atoms with E-state index in [4.69, 9.17) is 11.6 Å². The van der Waals surface area contributed by atoms with Crippen molar-refractivity contribution in [2.75, 3.05) is 12.8 Å². The van der Waals surface area contributed by atoms with Crippen LogP contribution in [0.1, 0.15) is 25.1 Å². The monoisotopic (exact) mass is 308 g/mol. The first-order chi connectivity index (χ1) is 8.52. The molecule has 2 N–H and O–H groups in total. The molecule has 1 rings (SSSR count). The molecule has 0 unspecified atom stereocenters. The highest BCUT2D eigenvalue weighted by molar-refractivity contribution is 7.88. The molecule has 6 nitrogen and oxygen atoms in total. The molecule has 0 bridgehead atoms. The van der Waals surface area contributed by atoms with E-state index in [1.54, 1.807) is 11.7 Å². The Labute approximate surface area is 119 Å². The highest BCUT2D eigenvalue weighted by Gasteiger charge is 2.22. The van der Waals surface area contributed by atoms with Crippen molar-refractivity contribution in [2.24, 2.45) is 7.05 Å². The summed E-state index contributed by atoms with van der Waals surface area (Å²) in [6.45, 7) is 6.57. The largest absolute Gasteiger partial charge is 0.311 e. The summed E-state index contributed by atoms with van der Waals surface area (Å²) in [5.41, 5.74) is 1.24. The Morgan fingerprint density at radius 2 is 2.00 bits per heavy atom. The third-order valence-corrected chi connectivity index (χ3v) is 4.00. The van der Waals surface area contributed by atoms with E-state index in [0.29, 0.717) is 18.2 Å². The highest BCUT2D eigenvalue weighted by atomic mass is 35.5. The summed E-state index contributed by atoms with van der Waals surface area (Å²) >= 11 is 6.12. The van der Waals surface area contributed by atoms with Gasteiger partial charge in [-0.25, -0.2) is 13.1 Å². The van der Waals surface area contributed by atoms with Crippen LogP contribution >= 0.6 is 11.6 Å². The third kappa shape index (κ3) is 5.10. The van der Waals surface area contributed by atoms with Gasteiger partial charge in [0.25, 0.3) is 0 Å². The molecule has 1 aromatic heterocycles. The summed E-state index contributed by atoms with van der Waals surface area (Å²) < 4.78 is 26.6. The normalized spacial score (nSPS) is 12.9. The van der Waals surface area contributed by atoms with E-state index in [1.807, 2.05) is 20.8 Å². The van der Waals surface area contributed by atoms with Crippen molar-refractivity contribution in [3.63, 3.8) is 0 Å². The van der Waals surface area contributed by atoms with Crippen molar-refractivity contribution in [1.29, 1.82) is 0 Å². The van der Waals surface area contributed by atoms with Crippen LogP contribution in [0.4, 0.5) is 0 Å². The average molecular weight is 309 g/mol. The van der Waals surface area contributed by atoms with Crippen molar-refractivity contribution < 1.29 is 8.42 Å². The molecule has 0 aliphatic rings. The summed E-state index contributed by atoms with van der Waals surface area (Å²) in [6.07, 6.45) is 1.15. The molecule has 110 valence electrons. The Morgan fingerprint density at radius 1 is 1.42 bits per heavy atom. The molecule has 0 spiro atoms. The van der Waals surface area contributed by atoms with Crippen LogP contribution in [-0.4, -0.2) is 36.5 Å². The number of aryl methyl sites for hydroxylation is 2. The number of hydrogen-bond donors (Lipinski definition) is 2. The summed E-state index contributed by atoms with van der Waals surface area (Å²) in [6, 6.07) is 0. The minimum Gasteiger partial charge on any atom is -0.311 e. The van der Waals surface area contributed by atoms with Crippen LogP contribution in [0.5, 0.6) is 0 Å². The second-order valence-corrected chi connectivity index (χ2v) is 7.45. The molecular formula is C11H21ClN4O2S. The molecule has 0 aliphatic heterocycles. The van der Waals surface area contributed by atoms with E-state index in [0.717, 1.165) is 17.5 Å².